The van der Waals surface area contributed by atoms with Crippen LogP contribution >= 0.6 is 11.8 Å². The average Bonchev–Trinajstić information content (AvgIpc) is 3.05. The number of fused-ring (bicyclic) bond motifs is 2. The van der Waals surface area contributed by atoms with E-state index >= 15 is 0 Å². The summed E-state index contributed by atoms with van der Waals surface area (Å²) >= 11 is 1.53. The maximum absolute atomic E-state index is 5.64. The third-order valence-electron chi connectivity index (χ3n) is 3.13. The van der Waals surface area contributed by atoms with Crippen LogP contribution in [0.3, 0.4) is 0 Å². The molecule has 0 N–H and O–H groups in total. The molecule has 0 saturated carbocycles. The minimum Gasteiger partial charge on any atom is -0.456 e. The van der Waals surface area contributed by atoms with Gasteiger partial charge in [-0.1, -0.05) is 36.4 Å². The summed E-state index contributed by atoms with van der Waals surface area (Å²) in [6.45, 7) is 0. The van der Waals surface area contributed by atoms with Gasteiger partial charge in [0, 0.05) is 21.5 Å². The topological polar surface area (TPSA) is 26.3 Å². The molecule has 0 saturated heterocycles. The van der Waals surface area contributed by atoms with Crippen LogP contribution in [0.5, 0.6) is 0 Å². The molecule has 4 rings (SSSR count). The Morgan fingerprint density at radius 2 is 1.11 bits per heavy atom. The van der Waals surface area contributed by atoms with E-state index in [0.717, 1.165) is 31.7 Å². The van der Waals surface area contributed by atoms with E-state index in [1.807, 2.05) is 36.4 Å². The van der Waals surface area contributed by atoms with Gasteiger partial charge in [0.25, 0.3) is 0 Å². The van der Waals surface area contributed by atoms with Gasteiger partial charge in [0.1, 0.15) is 0 Å². The quantitative estimate of drug-likeness (QED) is 0.490. The Kier molecular flexibility index (Phi) is 2.38. The van der Waals surface area contributed by atoms with Gasteiger partial charge in [-0.05, 0) is 23.9 Å². The second-order valence-electron chi connectivity index (χ2n) is 4.32. The fraction of sp³-hybridized carbons (Fsp3) is 0. The van der Waals surface area contributed by atoms with Crippen molar-refractivity contribution in [3.8, 4) is 0 Å². The fourth-order valence-corrected chi connectivity index (χ4v) is 3.13. The monoisotopic (exact) mass is 266 g/mol. The van der Waals surface area contributed by atoms with Gasteiger partial charge in [-0.15, -0.1) is 0 Å². The van der Waals surface area contributed by atoms with Crippen LogP contribution < -0.4 is 0 Å². The summed E-state index contributed by atoms with van der Waals surface area (Å²) in [5.74, 6) is 0. The van der Waals surface area contributed by atoms with E-state index in [0.29, 0.717) is 0 Å². The Bertz CT molecular complexity index is 785. The number of rotatable bonds is 2. The van der Waals surface area contributed by atoms with Crippen molar-refractivity contribution >= 4 is 33.3 Å². The molecule has 0 spiro atoms. The molecular formula is C16H10O2S. The molecule has 0 atom stereocenters. The Morgan fingerprint density at radius 3 is 1.63 bits per heavy atom. The van der Waals surface area contributed by atoms with Crippen LogP contribution in [0, 0.1) is 0 Å². The van der Waals surface area contributed by atoms with Crippen LogP contribution in [0.1, 0.15) is 0 Å². The highest BCUT2D eigenvalue weighted by Gasteiger charge is 2.12. The lowest BCUT2D eigenvalue weighted by molar-refractivity contribution is 0.462. The molecule has 0 unspecified atom stereocenters. The zero-order valence-corrected chi connectivity index (χ0v) is 10.8. The summed E-state index contributed by atoms with van der Waals surface area (Å²) in [6.07, 6.45) is 3.56. The van der Waals surface area contributed by atoms with Gasteiger partial charge in [0.05, 0.1) is 12.5 Å². The van der Waals surface area contributed by atoms with Crippen molar-refractivity contribution in [2.24, 2.45) is 0 Å². The van der Waals surface area contributed by atoms with E-state index < -0.39 is 0 Å². The number of hydrogen-bond donors (Lipinski definition) is 0. The molecule has 0 aliphatic rings. The Labute approximate surface area is 114 Å². The second kappa shape index (κ2) is 4.21. The van der Waals surface area contributed by atoms with Gasteiger partial charge < -0.3 is 8.83 Å². The molecule has 2 heterocycles. The Balaban J connectivity index is 1.82. The van der Waals surface area contributed by atoms with E-state index in [2.05, 4.69) is 12.1 Å². The highest BCUT2D eigenvalue weighted by molar-refractivity contribution is 7.99. The normalized spacial score (nSPS) is 11.4. The first-order valence-corrected chi connectivity index (χ1v) is 6.84. The van der Waals surface area contributed by atoms with Crippen molar-refractivity contribution in [1.29, 1.82) is 0 Å². The fourth-order valence-electron chi connectivity index (χ4n) is 2.17. The Hall–Kier alpha value is -2.13. The molecule has 19 heavy (non-hydrogen) atoms. The number of hydrogen-bond acceptors (Lipinski definition) is 3. The SMILES string of the molecule is c1ccc2c(Sc3occ4ccccc34)occ2c1. The van der Waals surface area contributed by atoms with Crippen molar-refractivity contribution in [3.63, 3.8) is 0 Å². The maximum Gasteiger partial charge on any atom is 0.175 e. The molecule has 2 aromatic heterocycles. The molecule has 0 fully saturated rings. The molecule has 92 valence electrons. The Morgan fingerprint density at radius 1 is 0.632 bits per heavy atom. The molecular weight excluding hydrogens is 256 g/mol. The van der Waals surface area contributed by atoms with E-state index in [1.165, 1.54) is 11.8 Å². The zero-order valence-electron chi connectivity index (χ0n) is 10.00. The predicted molar refractivity (Wildman–Crippen MR) is 76.6 cm³/mol. The minimum absolute atomic E-state index is 0.871. The van der Waals surface area contributed by atoms with Gasteiger partial charge >= 0.3 is 0 Å². The minimum atomic E-state index is 0.871. The molecule has 0 aliphatic carbocycles. The summed E-state index contributed by atoms with van der Waals surface area (Å²) < 4.78 is 11.3. The first-order valence-electron chi connectivity index (χ1n) is 6.02. The van der Waals surface area contributed by atoms with Crippen LogP contribution in [-0.2, 0) is 0 Å². The van der Waals surface area contributed by atoms with E-state index in [1.54, 1.807) is 12.5 Å². The summed E-state index contributed by atoms with van der Waals surface area (Å²) in [4.78, 5) is 0. The summed E-state index contributed by atoms with van der Waals surface area (Å²) in [5.41, 5.74) is 0. The molecule has 2 nitrogen and oxygen atoms in total. The second-order valence-corrected chi connectivity index (χ2v) is 5.27. The number of furan rings is 2. The average molecular weight is 266 g/mol. The van der Waals surface area contributed by atoms with Gasteiger partial charge in [0.15, 0.2) is 10.2 Å². The number of benzene rings is 2. The van der Waals surface area contributed by atoms with Crippen molar-refractivity contribution in [3.05, 3.63) is 61.1 Å². The first-order chi connectivity index (χ1) is 9.42. The van der Waals surface area contributed by atoms with Gasteiger partial charge in [-0.25, -0.2) is 0 Å². The molecule has 2 aromatic carbocycles. The lowest BCUT2D eigenvalue weighted by Crippen LogP contribution is -1.70. The molecule has 0 amide bonds. The van der Waals surface area contributed by atoms with Crippen LogP contribution in [0.15, 0.2) is 80.1 Å². The third-order valence-corrected chi connectivity index (χ3v) is 4.14. The third kappa shape index (κ3) is 1.74. The van der Waals surface area contributed by atoms with E-state index in [-0.39, 0.29) is 0 Å². The summed E-state index contributed by atoms with van der Waals surface area (Å²) in [5, 5.41) is 6.20. The van der Waals surface area contributed by atoms with Crippen LogP contribution in [0.25, 0.3) is 21.5 Å². The van der Waals surface area contributed by atoms with Gasteiger partial charge in [-0.2, -0.15) is 0 Å². The van der Waals surface area contributed by atoms with Crippen molar-refractivity contribution < 1.29 is 8.83 Å². The molecule has 0 bridgehead atoms. The lowest BCUT2D eigenvalue weighted by Gasteiger charge is -1.95. The largest absolute Gasteiger partial charge is 0.456 e. The van der Waals surface area contributed by atoms with Crippen LogP contribution in [0.2, 0.25) is 0 Å². The van der Waals surface area contributed by atoms with Crippen molar-refractivity contribution in [2.45, 2.75) is 10.2 Å². The van der Waals surface area contributed by atoms with Crippen LogP contribution in [0.4, 0.5) is 0 Å². The highest BCUT2D eigenvalue weighted by Crippen LogP contribution is 2.38. The molecule has 4 aromatic rings. The maximum atomic E-state index is 5.64. The summed E-state index contributed by atoms with van der Waals surface area (Å²) in [6, 6.07) is 16.3. The smallest absolute Gasteiger partial charge is 0.175 e. The lowest BCUT2D eigenvalue weighted by atomic mass is 10.2. The van der Waals surface area contributed by atoms with Crippen LogP contribution in [-0.4, -0.2) is 0 Å². The van der Waals surface area contributed by atoms with Gasteiger partial charge in [0.2, 0.25) is 0 Å². The zero-order chi connectivity index (χ0) is 12.7. The standard InChI is InChI=1S/C16H10O2S/c1-3-7-13-11(5-1)9-17-15(13)19-16-14-8-4-2-6-12(14)10-18-16/h1-10H. The molecule has 0 radical (unpaired) electrons. The predicted octanol–water partition coefficient (Wildman–Crippen LogP) is 5.33. The highest BCUT2D eigenvalue weighted by atomic mass is 32.2. The first kappa shape index (κ1) is 10.8. The van der Waals surface area contributed by atoms with Crippen molar-refractivity contribution in [2.75, 3.05) is 0 Å². The molecule has 0 aliphatic heterocycles. The van der Waals surface area contributed by atoms with E-state index in [9.17, 15) is 0 Å². The van der Waals surface area contributed by atoms with E-state index in [4.69, 9.17) is 8.83 Å². The molecule has 3 heteroatoms. The van der Waals surface area contributed by atoms with Gasteiger partial charge in [-0.3, -0.25) is 0 Å². The summed E-state index contributed by atoms with van der Waals surface area (Å²) in [7, 11) is 0. The van der Waals surface area contributed by atoms with Crippen molar-refractivity contribution in [1.82, 2.24) is 0 Å².